The number of aliphatic carboxylic acids is 1. The van der Waals surface area contributed by atoms with Crippen LogP contribution in [-0.2, 0) is 4.79 Å². The molecular weight excluding hydrogens is 212 g/mol. The number of hydrazine groups is 1. The van der Waals surface area contributed by atoms with Gasteiger partial charge in [-0.1, -0.05) is 6.92 Å². The number of carboxylic acid groups (broad SMARTS) is 1. The molecule has 0 amide bonds. The van der Waals surface area contributed by atoms with Gasteiger partial charge in [-0.15, -0.1) is 0 Å². The molecule has 1 aromatic rings. The first-order valence-corrected chi connectivity index (χ1v) is 5.09. The van der Waals surface area contributed by atoms with Gasteiger partial charge in [-0.3, -0.25) is 14.4 Å². The minimum absolute atomic E-state index is 0.0878. The van der Waals surface area contributed by atoms with E-state index in [-0.39, 0.29) is 18.7 Å². The predicted molar refractivity (Wildman–Crippen MR) is 59.2 cm³/mol. The number of carboxylic acids is 1. The lowest BCUT2D eigenvalue weighted by atomic mass is 10.2. The third-order valence-corrected chi connectivity index (χ3v) is 2.12. The highest BCUT2D eigenvalue weighted by Crippen LogP contribution is 2.04. The Labute approximate surface area is 92.2 Å². The van der Waals surface area contributed by atoms with Crippen LogP contribution in [0.3, 0.4) is 0 Å². The van der Waals surface area contributed by atoms with E-state index in [1.165, 1.54) is 11.1 Å². The van der Waals surface area contributed by atoms with Crippen LogP contribution >= 0.6 is 0 Å². The minimum atomic E-state index is -0.943. The lowest BCUT2D eigenvalue weighted by Crippen LogP contribution is -2.47. The molecule has 2 N–H and O–H groups in total. The lowest BCUT2D eigenvalue weighted by molar-refractivity contribution is -0.136. The number of anilines is 1. The van der Waals surface area contributed by atoms with Gasteiger partial charge in [0.05, 0.1) is 6.42 Å². The van der Waals surface area contributed by atoms with Crippen molar-refractivity contribution in [3.8, 4) is 0 Å². The van der Waals surface area contributed by atoms with Gasteiger partial charge in [0.15, 0.2) is 0 Å². The summed E-state index contributed by atoms with van der Waals surface area (Å²) < 4.78 is 0. The Morgan fingerprint density at radius 2 is 2.19 bits per heavy atom. The van der Waals surface area contributed by atoms with E-state index in [2.05, 4.69) is 5.43 Å². The summed E-state index contributed by atoms with van der Waals surface area (Å²) in [7, 11) is 0. The van der Waals surface area contributed by atoms with Gasteiger partial charge < -0.3 is 10.1 Å². The average molecular weight is 226 g/mol. The van der Waals surface area contributed by atoms with Gasteiger partial charge in [0, 0.05) is 19.2 Å². The Kier molecular flexibility index (Phi) is 4.19. The normalized spacial score (nSPS) is 10.6. The smallest absolute Gasteiger partial charge is 0.305 e. The minimum Gasteiger partial charge on any atom is -0.481 e. The van der Waals surface area contributed by atoms with Crippen molar-refractivity contribution >= 4 is 11.7 Å². The van der Waals surface area contributed by atoms with Crippen LogP contribution in [0.1, 0.15) is 19.8 Å². The molecule has 0 saturated heterocycles. The Morgan fingerprint density at radius 1 is 1.50 bits per heavy atom. The summed E-state index contributed by atoms with van der Waals surface area (Å²) in [5.74, 6) is -0.943. The van der Waals surface area contributed by atoms with Crippen LogP contribution in [0, 0.1) is 0 Å². The topological polar surface area (TPSA) is 86.7 Å². The fraction of sp³-hybridized carbons (Fsp3) is 0.500. The number of carbonyl (C=O) groups is 1. The molecule has 0 unspecified atom stereocenters. The van der Waals surface area contributed by atoms with Crippen LogP contribution in [0.5, 0.6) is 0 Å². The number of rotatable bonds is 7. The highest BCUT2D eigenvalue weighted by Gasteiger charge is 2.17. The van der Waals surface area contributed by atoms with Crippen molar-refractivity contribution in [1.82, 2.24) is 5.43 Å². The summed E-state index contributed by atoms with van der Waals surface area (Å²) in [5.41, 5.74) is 2.06. The van der Waals surface area contributed by atoms with Gasteiger partial charge in [0.25, 0.3) is 0 Å². The van der Waals surface area contributed by atoms with Crippen molar-refractivity contribution < 1.29 is 9.90 Å². The van der Waals surface area contributed by atoms with Crippen molar-refractivity contribution in [3.63, 3.8) is 0 Å². The molecule has 0 fully saturated rings. The van der Waals surface area contributed by atoms with Crippen LogP contribution in [0.4, 0.5) is 5.69 Å². The second-order valence-corrected chi connectivity index (χ2v) is 3.43. The van der Waals surface area contributed by atoms with Crippen LogP contribution in [0.15, 0.2) is 15.7 Å². The molecule has 0 saturated carbocycles. The zero-order chi connectivity index (χ0) is 12.1. The van der Waals surface area contributed by atoms with E-state index in [0.717, 1.165) is 6.42 Å². The van der Waals surface area contributed by atoms with Crippen molar-refractivity contribution in [3.05, 3.63) is 26.5 Å². The predicted octanol–water partition coefficient (Wildman–Crippen LogP) is -0.522. The molecule has 0 aliphatic heterocycles. The van der Waals surface area contributed by atoms with Crippen molar-refractivity contribution in [2.45, 2.75) is 19.8 Å². The first kappa shape index (κ1) is 12.4. The van der Waals surface area contributed by atoms with E-state index in [1.54, 1.807) is 0 Å². The molecule has 0 aliphatic rings. The lowest BCUT2D eigenvalue weighted by Gasteiger charge is -2.24. The molecule has 88 valence electrons. The largest absolute Gasteiger partial charge is 0.481 e. The molecule has 0 radical (unpaired) electrons. The van der Waals surface area contributed by atoms with E-state index in [1.807, 2.05) is 6.92 Å². The van der Waals surface area contributed by atoms with Gasteiger partial charge in [0.1, 0.15) is 5.69 Å². The Balaban J connectivity index is 2.65. The molecule has 0 aliphatic carbocycles. The molecule has 0 heterocycles. The molecule has 6 heteroatoms. The highest BCUT2D eigenvalue weighted by molar-refractivity contribution is 5.67. The van der Waals surface area contributed by atoms with Gasteiger partial charge in [0.2, 0.25) is 10.9 Å². The highest BCUT2D eigenvalue weighted by atomic mass is 16.4. The molecule has 1 rings (SSSR count). The third kappa shape index (κ3) is 2.90. The van der Waals surface area contributed by atoms with E-state index < -0.39 is 16.8 Å². The van der Waals surface area contributed by atoms with Crippen molar-refractivity contribution in [2.75, 3.05) is 18.1 Å². The number of nitrogens with one attached hydrogen (secondary N) is 1. The summed E-state index contributed by atoms with van der Waals surface area (Å²) in [6.45, 7) is 2.74. The average Bonchev–Trinajstić information content (AvgIpc) is 2.26. The molecule has 0 spiro atoms. The first-order chi connectivity index (χ1) is 7.56. The van der Waals surface area contributed by atoms with Gasteiger partial charge in [-0.05, 0) is 6.42 Å². The Bertz CT molecular complexity index is 434. The monoisotopic (exact) mass is 226 g/mol. The van der Waals surface area contributed by atoms with Gasteiger partial charge >= 0.3 is 5.97 Å². The molecule has 16 heavy (non-hydrogen) atoms. The number of hydrogen-bond acceptors (Lipinski definition) is 5. The van der Waals surface area contributed by atoms with E-state index in [4.69, 9.17) is 5.11 Å². The zero-order valence-corrected chi connectivity index (χ0v) is 9.02. The van der Waals surface area contributed by atoms with Gasteiger partial charge in [-0.2, -0.15) is 0 Å². The molecule has 1 aromatic carbocycles. The summed E-state index contributed by atoms with van der Waals surface area (Å²) in [4.78, 5) is 32.4. The zero-order valence-electron chi connectivity index (χ0n) is 9.02. The summed E-state index contributed by atoms with van der Waals surface area (Å²) in [6.07, 6.45) is 0.758. The van der Waals surface area contributed by atoms with E-state index in [0.29, 0.717) is 6.54 Å². The SMILES string of the molecule is CCCNN(CCC(=O)O)c1cc(=O)c1=O. The van der Waals surface area contributed by atoms with Crippen LogP contribution in [0.2, 0.25) is 0 Å². The van der Waals surface area contributed by atoms with Crippen molar-refractivity contribution in [2.24, 2.45) is 0 Å². The quantitative estimate of drug-likeness (QED) is 0.480. The number of hydrogen-bond donors (Lipinski definition) is 2. The molecule has 6 nitrogen and oxygen atoms in total. The first-order valence-electron chi connectivity index (χ1n) is 5.09. The second-order valence-electron chi connectivity index (χ2n) is 3.43. The third-order valence-electron chi connectivity index (χ3n) is 2.12. The maximum absolute atomic E-state index is 11.2. The molecule has 0 bridgehead atoms. The van der Waals surface area contributed by atoms with Crippen LogP contribution in [0.25, 0.3) is 0 Å². The summed E-state index contributed by atoms with van der Waals surface area (Å²) >= 11 is 0. The maximum Gasteiger partial charge on any atom is 0.305 e. The summed E-state index contributed by atoms with van der Waals surface area (Å²) in [6, 6.07) is 1.22. The number of nitrogens with zero attached hydrogens (tertiary/aromatic N) is 1. The Hall–Kier alpha value is -1.69. The van der Waals surface area contributed by atoms with E-state index in [9.17, 15) is 14.4 Å². The fourth-order valence-electron chi connectivity index (χ4n) is 1.24. The standard InChI is InChI=1S/C10H14N2O4/c1-2-4-11-12(5-3-9(14)15)7-6-8(13)10(7)16/h6,11H,2-5H2,1H3,(H,14,15). The second kappa shape index (κ2) is 5.41. The maximum atomic E-state index is 11.2. The van der Waals surface area contributed by atoms with Crippen molar-refractivity contribution in [1.29, 1.82) is 0 Å². The van der Waals surface area contributed by atoms with Crippen LogP contribution in [-0.4, -0.2) is 24.2 Å². The Morgan fingerprint density at radius 3 is 2.62 bits per heavy atom. The van der Waals surface area contributed by atoms with Crippen LogP contribution < -0.4 is 21.3 Å². The van der Waals surface area contributed by atoms with Gasteiger partial charge in [-0.25, -0.2) is 5.43 Å². The molecule has 0 aromatic heterocycles. The fourth-order valence-corrected chi connectivity index (χ4v) is 1.24. The summed E-state index contributed by atoms with van der Waals surface area (Å²) in [5, 5.41) is 9.98. The van der Waals surface area contributed by atoms with E-state index >= 15 is 0 Å². The molecule has 0 atom stereocenters. The molecular formula is C10H14N2O4.